The number of hydrogen-bond acceptors (Lipinski definition) is 2. The highest BCUT2D eigenvalue weighted by Crippen LogP contribution is 2.13. The van der Waals surface area contributed by atoms with E-state index in [1.165, 1.54) is 11.1 Å². The molecule has 3 aromatic rings. The van der Waals surface area contributed by atoms with Gasteiger partial charge in [-0.15, -0.1) is 0 Å². The first-order chi connectivity index (χ1) is 10.2. The molecule has 0 spiro atoms. The Hall–Kier alpha value is -1.84. The fourth-order valence-electron chi connectivity index (χ4n) is 2.34. The Morgan fingerprint density at radius 2 is 1.95 bits per heavy atom. The van der Waals surface area contributed by atoms with Crippen molar-refractivity contribution >= 4 is 22.6 Å². The highest BCUT2D eigenvalue weighted by Gasteiger charge is 2.02. The summed E-state index contributed by atoms with van der Waals surface area (Å²) >= 11 is 5.87. The van der Waals surface area contributed by atoms with E-state index in [1.54, 1.807) is 0 Å². The molecule has 2 N–H and O–H groups in total. The number of H-pyrrole nitrogens is 1. The number of aryl methyl sites for hydroxylation is 1. The van der Waals surface area contributed by atoms with Crippen LogP contribution in [0.3, 0.4) is 0 Å². The lowest BCUT2D eigenvalue weighted by Crippen LogP contribution is -2.17. The van der Waals surface area contributed by atoms with E-state index in [1.807, 2.05) is 24.3 Å². The summed E-state index contributed by atoms with van der Waals surface area (Å²) in [6, 6.07) is 14.2. The van der Waals surface area contributed by atoms with Crippen molar-refractivity contribution in [1.82, 2.24) is 15.3 Å². The Bertz CT molecular complexity index is 731. The van der Waals surface area contributed by atoms with Crippen LogP contribution in [0.2, 0.25) is 5.02 Å². The molecule has 0 saturated heterocycles. The van der Waals surface area contributed by atoms with E-state index >= 15 is 0 Å². The second-order valence-corrected chi connectivity index (χ2v) is 5.69. The zero-order valence-electron chi connectivity index (χ0n) is 12.0. The molecule has 3 rings (SSSR count). The number of benzene rings is 2. The molecule has 108 valence electrons. The number of aromatic nitrogens is 2. The van der Waals surface area contributed by atoms with Crippen LogP contribution in [-0.4, -0.2) is 16.5 Å². The predicted molar refractivity (Wildman–Crippen MR) is 87.7 cm³/mol. The van der Waals surface area contributed by atoms with Crippen molar-refractivity contribution in [3.05, 3.63) is 64.4 Å². The first-order valence-electron chi connectivity index (χ1n) is 7.11. The summed E-state index contributed by atoms with van der Waals surface area (Å²) in [5, 5.41) is 4.20. The van der Waals surface area contributed by atoms with Gasteiger partial charge >= 0.3 is 0 Å². The summed E-state index contributed by atoms with van der Waals surface area (Å²) in [4.78, 5) is 7.97. The lowest BCUT2D eigenvalue weighted by atomic mass is 10.2. The summed E-state index contributed by atoms with van der Waals surface area (Å²) in [6.07, 6.45) is 0.890. The molecule has 1 heterocycles. The Balaban J connectivity index is 1.53. The molecule has 2 aromatic carbocycles. The van der Waals surface area contributed by atoms with Crippen LogP contribution < -0.4 is 5.32 Å². The first kappa shape index (κ1) is 14.1. The van der Waals surface area contributed by atoms with Gasteiger partial charge in [0.25, 0.3) is 0 Å². The van der Waals surface area contributed by atoms with Crippen LogP contribution >= 0.6 is 11.6 Å². The molecule has 0 bridgehead atoms. The Labute approximate surface area is 129 Å². The molecule has 4 heteroatoms. The highest BCUT2D eigenvalue weighted by molar-refractivity contribution is 6.30. The Morgan fingerprint density at radius 3 is 2.76 bits per heavy atom. The van der Waals surface area contributed by atoms with E-state index in [2.05, 4.69) is 40.4 Å². The SMILES string of the molecule is Cc1ccc2nc(CCNCc3ccc(Cl)cc3)[nH]c2c1. The third-order valence-corrected chi connectivity index (χ3v) is 3.72. The standard InChI is InChI=1S/C17H18ClN3/c1-12-2-7-15-16(10-12)21-17(20-15)8-9-19-11-13-3-5-14(18)6-4-13/h2-7,10,19H,8-9,11H2,1H3,(H,20,21). The van der Waals surface area contributed by atoms with Crippen LogP contribution in [0.5, 0.6) is 0 Å². The van der Waals surface area contributed by atoms with Crippen LogP contribution in [0.1, 0.15) is 17.0 Å². The number of nitrogens with one attached hydrogen (secondary N) is 2. The number of fused-ring (bicyclic) bond motifs is 1. The van der Waals surface area contributed by atoms with Crippen molar-refractivity contribution in [3.63, 3.8) is 0 Å². The molecule has 0 radical (unpaired) electrons. The van der Waals surface area contributed by atoms with Gasteiger partial charge in [0.2, 0.25) is 0 Å². The van der Waals surface area contributed by atoms with Gasteiger partial charge in [0.15, 0.2) is 0 Å². The van der Waals surface area contributed by atoms with E-state index in [0.717, 1.165) is 41.4 Å². The molecule has 0 unspecified atom stereocenters. The van der Waals surface area contributed by atoms with Gasteiger partial charge in [0, 0.05) is 24.5 Å². The normalized spacial score (nSPS) is 11.1. The van der Waals surface area contributed by atoms with Crippen molar-refractivity contribution in [1.29, 1.82) is 0 Å². The minimum Gasteiger partial charge on any atom is -0.342 e. The van der Waals surface area contributed by atoms with Gasteiger partial charge in [-0.2, -0.15) is 0 Å². The summed E-state index contributed by atoms with van der Waals surface area (Å²) in [7, 11) is 0. The third kappa shape index (κ3) is 3.63. The maximum atomic E-state index is 5.87. The third-order valence-electron chi connectivity index (χ3n) is 3.47. The van der Waals surface area contributed by atoms with Gasteiger partial charge in [-0.25, -0.2) is 4.98 Å². The lowest BCUT2D eigenvalue weighted by Gasteiger charge is -2.03. The van der Waals surface area contributed by atoms with Crippen LogP contribution in [0.15, 0.2) is 42.5 Å². The molecule has 0 aliphatic rings. The first-order valence-corrected chi connectivity index (χ1v) is 7.49. The van der Waals surface area contributed by atoms with Gasteiger partial charge in [-0.1, -0.05) is 29.8 Å². The molecule has 3 nitrogen and oxygen atoms in total. The van der Waals surface area contributed by atoms with Gasteiger partial charge in [-0.3, -0.25) is 0 Å². The molecule has 0 saturated carbocycles. The van der Waals surface area contributed by atoms with Gasteiger partial charge in [-0.05, 0) is 42.3 Å². The maximum Gasteiger partial charge on any atom is 0.108 e. The monoisotopic (exact) mass is 299 g/mol. The minimum absolute atomic E-state index is 0.774. The summed E-state index contributed by atoms with van der Waals surface area (Å²) in [6.45, 7) is 3.82. The topological polar surface area (TPSA) is 40.7 Å². The summed E-state index contributed by atoms with van der Waals surface area (Å²) in [5.74, 6) is 1.03. The largest absolute Gasteiger partial charge is 0.342 e. The Morgan fingerprint density at radius 1 is 1.14 bits per heavy atom. The highest BCUT2D eigenvalue weighted by atomic mass is 35.5. The predicted octanol–water partition coefficient (Wildman–Crippen LogP) is 3.86. The average Bonchev–Trinajstić information content (AvgIpc) is 2.87. The van der Waals surface area contributed by atoms with Gasteiger partial charge < -0.3 is 10.3 Å². The number of aromatic amines is 1. The number of imidazole rings is 1. The molecule has 1 aromatic heterocycles. The minimum atomic E-state index is 0.774. The quantitative estimate of drug-likeness (QED) is 0.702. The molecular weight excluding hydrogens is 282 g/mol. The number of hydrogen-bond donors (Lipinski definition) is 2. The molecule has 0 aliphatic heterocycles. The zero-order chi connectivity index (χ0) is 14.7. The van der Waals surface area contributed by atoms with E-state index in [4.69, 9.17) is 11.6 Å². The van der Waals surface area contributed by atoms with Crippen LogP contribution in [0.4, 0.5) is 0 Å². The molecular formula is C17H18ClN3. The molecule has 0 fully saturated rings. The van der Waals surface area contributed by atoms with E-state index in [9.17, 15) is 0 Å². The number of halogens is 1. The second-order valence-electron chi connectivity index (χ2n) is 5.26. The molecule has 0 atom stereocenters. The summed E-state index contributed by atoms with van der Waals surface area (Å²) < 4.78 is 0. The van der Waals surface area contributed by atoms with Crippen LogP contribution in [0.25, 0.3) is 11.0 Å². The van der Waals surface area contributed by atoms with E-state index < -0.39 is 0 Å². The van der Waals surface area contributed by atoms with Gasteiger partial charge in [0.05, 0.1) is 11.0 Å². The number of nitrogens with zero attached hydrogens (tertiary/aromatic N) is 1. The molecule has 0 aliphatic carbocycles. The number of rotatable bonds is 5. The lowest BCUT2D eigenvalue weighted by molar-refractivity contribution is 0.675. The molecule has 21 heavy (non-hydrogen) atoms. The van der Waals surface area contributed by atoms with E-state index in [0.29, 0.717) is 0 Å². The van der Waals surface area contributed by atoms with Gasteiger partial charge in [0.1, 0.15) is 5.82 Å². The fraction of sp³-hybridized carbons (Fsp3) is 0.235. The summed E-state index contributed by atoms with van der Waals surface area (Å²) in [5.41, 5.74) is 4.63. The van der Waals surface area contributed by atoms with Crippen molar-refractivity contribution in [3.8, 4) is 0 Å². The van der Waals surface area contributed by atoms with E-state index in [-0.39, 0.29) is 0 Å². The average molecular weight is 300 g/mol. The fourth-order valence-corrected chi connectivity index (χ4v) is 2.46. The zero-order valence-corrected chi connectivity index (χ0v) is 12.7. The maximum absolute atomic E-state index is 5.87. The van der Waals surface area contributed by atoms with Crippen molar-refractivity contribution in [2.45, 2.75) is 19.9 Å². The molecule has 0 amide bonds. The Kier molecular flexibility index (Phi) is 4.23. The van der Waals surface area contributed by atoms with Crippen molar-refractivity contribution in [2.75, 3.05) is 6.54 Å². The second kappa shape index (κ2) is 6.29. The van der Waals surface area contributed by atoms with Crippen LogP contribution in [0, 0.1) is 6.92 Å². The van der Waals surface area contributed by atoms with Crippen LogP contribution in [-0.2, 0) is 13.0 Å². The van der Waals surface area contributed by atoms with Crippen molar-refractivity contribution in [2.24, 2.45) is 0 Å². The van der Waals surface area contributed by atoms with Crippen molar-refractivity contribution < 1.29 is 0 Å². The smallest absolute Gasteiger partial charge is 0.108 e.